The summed E-state index contributed by atoms with van der Waals surface area (Å²) in [4.78, 5) is 12.2. The first-order valence-corrected chi connectivity index (χ1v) is 8.12. The van der Waals surface area contributed by atoms with Crippen molar-refractivity contribution in [2.24, 2.45) is 5.73 Å². The van der Waals surface area contributed by atoms with Gasteiger partial charge in [0.25, 0.3) is 0 Å². The first-order valence-electron chi connectivity index (χ1n) is 7.75. The number of benzene rings is 1. The van der Waals surface area contributed by atoms with Gasteiger partial charge in [0.05, 0.1) is 11.4 Å². The molecule has 2 aliphatic rings. The Balaban J connectivity index is 1.60. The Morgan fingerprint density at radius 2 is 1.95 bits per heavy atom. The normalized spacial score (nSPS) is 23.9. The molecule has 22 heavy (non-hydrogen) atoms. The molecule has 1 saturated carbocycles. The summed E-state index contributed by atoms with van der Waals surface area (Å²) in [6.45, 7) is 0.998. The Labute approximate surface area is 135 Å². The van der Waals surface area contributed by atoms with Gasteiger partial charge in [0.1, 0.15) is 13.2 Å². The fraction of sp³-hybridized carbons (Fsp3) is 0.562. The van der Waals surface area contributed by atoms with E-state index >= 15 is 0 Å². The van der Waals surface area contributed by atoms with E-state index in [0.29, 0.717) is 36.2 Å². The number of rotatable bonds is 3. The molecule has 1 amide bonds. The lowest BCUT2D eigenvalue weighted by molar-refractivity contribution is -0.121. The zero-order valence-electron chi connectivity index (χ0n) is 12.4. The number of ether oxygens (including phenoxy) is 2. The summed E-state index contributed by atoms with van der Waals surface area (Å²) in [6.07, 6.45) is 4.14. The Kier molecular flexibility index (Phi) is 4.74. The first-order chi connectivity index (χ1) is 10.6. The third kappa shape index (κ3) is 3.65. The standard InChI is InChI=1S/C16H21ClN2O3/c17-13-7-10(8-14-16(13)22-6-5-21-14)9-15(20)19-12-3-1-11(18)2-4-12/h7-8,11-12H,1-6,9,18H2,(H,19,20). The van der Waals surface area contributed by atoms with Gasteiger partial charge in [0.2, 0.25) is 5.91 Å². The number of carbonyl (C=O) groups is 1. The second kappa shape index (κ2) is 6.75. The van der Waals surface area contributed by atoms with E-state index in [2.05, 4.69) is 5.32 Å². The van der Waals surface area contributed by atoms with Crippen LogP contribution in [0.2, 0.25) is 5.02 Å². The van der Waals surface area contributed by atoms with Crippen molar-refractivity contribution < 1.29 is 14.3 Å². The number of halogens is 1. The SMILES string of the molecule is NC1CCC(NC(=O)Cc2cc(Cl)c3c(c2)OCCO3)CC1. The van der Waals surface area contributed by atoms with Gasteiger partial charge in [0, 0.05) is 12.1 Å². The minimum atomic E-state index is 0.00761. The highest BCUT2D eigenvalue weighted by atomic mass is 35.5. The van der Waals surface area contributed by atoms with Gasteiger partial charge in [-0.05, 0) is 43.4 Å². The predicted molar refractivity (Wildman–Crippen MR) is 84.5 cm³/mol. The lowest BCUT2D eigenvalue weighted by Gasteiger charge is -2.27. The highest BCUT2D eigenvalue weighted by molar-refractivity contribution is 6.32. The maximum atomic E-state index is 12.2. The molecule has 1 aromatic carbocycles. The summed E-state index contributed by atoms with van der Waals surface area (Å²) in [6, 6.07) is 4.12. The fourth-order valence-corrected chi connectivity index (χ4v) is 3.28. The van der Waals surface area contributed by atoms with Crippen LogP contribution in [-0.2, 0) is 11.2 Å². The van der Waals surface area contributed by atoms with Crippen LogP contribution < -0.4 is 20.5 Å². The number of amides is 1. The number of nitrogens with two attached hydrogens (primary N) is 1. The van der Waals surface area contributed by atoms with Gasteiger partial charge in [-0.15, -0.1) is 0 Å². The third-order valence-electron chi connectivity index (χ3n) is 4.16. The van der Waals surface area contributed by atoms with E-state index < -0.39 is 0 Å². The molecule has 0 aromatic heterocycles. The molecule has 3 rings (SSSR count). The Morgan fingerprint density at radius 3 is 2.73 bits per heavy atom. The minimum absolute atomic E-state index is 0.00761. The van der Waals surface area contributed by atoms with E-state index in [1.807, 2.05) is 6.07 Å². The maximum absolute atomic E-state index is 12.2. The van der Waals surface area contributed by atoms with E-state index in [4.69, 9.17) is 26.8 Å². The van der Waals surface area contributed by atoms with Crippen molar-refractivity contribution in [1.29, 1.82) is 0 Å². The summed E-state index contributed by atoms with van der Waals surface area (Å²) < 4.78 is 11.0. The Bertz CT molecular complexity index is 557. The minimum Gasteiger partial charge on any atom is -0.486 e. The molecule has 0 bridgehead atoms. The molecule has 1 aliphatic carbocycles. The molecule has 0 spiro atoms. The second-order valence-corrected chi connectivity index (χ2v) is 6.37. The van der Waals surface area contributed by atoms with Crippen molar-refractivity contribution in [3.05, 3.63) is 22.7 Å². The van der Waals surface area contributed by atoms with Gasteiger partial charge in [-0.1, -0.05) is 11.6 Å². The Morgan fingerprint density at radius 1 is 1.23 bits per heavy atom. The van der Waals surface area contributed by atoms with Gasteiger partial charge in [-0.2, -0.15) is 0 Å². The molecular weight excluding hydrogens is 304 g/mol. The molecule has 1 aliphatic heterocycles. The first kappa shape index (κ1) is 15.4. The summed E-state index contributed by atoms with van der Waals surface area (Å²) >= 11 is 6.19. The molecule has 1 aromatic rings. The van der Waals surface area contributed by atoms with Crippen molar-refractivity contribution in [2.45, 2.75) is 44.2 Å². The molecule has 1 heterocycles. The van der Waals surface area contributed by atoms with Crippen LogP contribution in [-0.4, -0.2) is 31.2 Å². The van der Waals surface area contributed by atoms with E-state index in [9.17, 15) is 4.79 Å². The molecule has 0 unspecified atom stereocenters. The summed E-state index contributed by atoms with van der Waals surface area (Å²) in [5, 5.41) is 3.57. The molecule has 5 nitrogen and oxygen atoms in total. The van der Waals surface area contributed by atoms with Gasteiger partial charge in [-0.25, -0.2) is 0 Å². The summed E-state index contributed by atoms with van der Waals surface area (Å²) in [5.74, 6) is 1.19. The number of carbonyl (C=O) groups excluding carboxylic acids is 1. The monoisotopic (exact) mass is 324 g/mol. The lowest BCUT2D eigenvalue weighted by atomic mass is 9.91. The van der Waals surface area contributed by atoms with E-state index in [1.54, 1.807) is 6.07 Å². The van der Waals surface area contributed by atoms with Crippen LogP contribution >= 0.6 is 11.6 Å². The van der Waals surface area contributed by atoms with E-state index in [0.717, 1.165) is 31.2 Å². The number of nitrogens with one attached hydrogen (secondary N) is 1. The smallest absolute Gasteiger partial charge is 0.224 e. The van der Waals surface area contributed by atoms with Crippen LogP contribution in [0.3, 0.4) is 0 Å². The zero-order chi connectivity index (χ0) is 15.5. The van der Waals surface area contributed by atoms with Crippen molar-refractivity contribution in [3.8, 4) is 11.5 Å². The molecule has 1 fully saturated rings. The predicted octanol–water partition coefficient (Wildman–Crippen LogP) is 2.04. The topological polar surface area (TPSA) is 73.6 Å². The van der Waals surface area contributed by atoms with Crippen LogP contribution in [0.1, 0.15) is 31.2 Å². The zero-order valence-corrected chi connectivity index (χ0v) is 13.2. The highest BCUT2D eigenvalue weighted by Crippen LogP contribution is 2.38. The molecule has 120 valence electrons. The lowest BCUT2D eigenvalue weighted by Crippen LogP contribution is -2.41. The molecule has 6 heteroatoms. The van der Waals surface area contributed by atoms with Crippen LogP contribution in [0.4, 0.5) is 0 Å². The van der Waals surface area contributed by atoms with Gasteiger partial charge < -0.3 is 20.5 Å². The molecular formula is C16H21ClN2O3. The molecule has 0 saturated heterocycles. The second-order valence-electron chi connectivity index (χ2n) is 5.96. The van der Waals surface area contributed by atoms with Gasteiger partial charge in [-0.3, -0.25) is 4.79 Å². The number of hydrogen-bond donors (Lipinski definition) is 2. The van der Waals surface area contributed by atoms with Crippen LogP contribution in [0, 0.1) is 0 Å². The van der Waals surface area contributed by atoms with Gasteiger partial charge in [0.15, 0.2) is 11.5 Å². The van der Waals surface area contributed by atoms with E-state index in [-0.39, 0.29) is 18.0 Å². The molecule has 0 atom stereocenters. The summed E-state index contributed by atoms with van der Waals surface area (Å²) in [7, 11) is 0. The molecule has 3 N–H and O–H groups in total. The van der Waals surface area contributed by atoms with Crippen LogP contribution in [0.5, 0.6) is 11.5 Å². The van der Waals surface area contributed by atoms with Crippen molar-refractivity contribution in [1.82, 2.24) is 5.32 Å². The van der Waals surface area contributed by atoms with Crippen molar-refractivity contribution in [2.75, 3.05) is 13.2 Å². The maximum Gasteiger partial charge on any atom is 0.224 e. The summed E-state index contributed by atoms with van der Waals surface area (Å²) in [5.41, 5.74) is 6.71. The van der Waals surface area contributed by atoms with Crippen molar-refractivity contribution >= 4 is 17.5 Å². The number of hydrogen-bond acceptors (Lipinski definition) is 4. The van der Waals surface area contributed by atoms with Gasteiger partial charge >= 0.3 is 0 Å². The van der Waals surface area contributed by atoms with Crippen LogP contribution in [0.25, 0.3) is 0 Å². The van der Waals surface area contributed by atoms with E-state index in [1.165, 1.54) is 0 Å². The fourth-order valence-electron chi connectivity index (χ4n) is 2.99. The number of fused-ring (bicyclic) bond motifs is 1. The quantitative estimate of drug-likeness (QED) is 0.892. The average Bonchev–Trinajstić information content (AvgIpc) is 2.49. The van der Waals surface area contributed by atoms with Crippen molar-refractivity contribution in [3.63, 3.8) is 0 Å². The highest BCUT2D eigenvalue weighted by Gasteiger charge is 2.21. The average molecular weight is 325 g/mol. The third-order valence-corrected chi connectivity index (χ3v) is 4.44. The molecule has 0 radical (unpaired) electrons. The Hall–Kier alpha value is -1.46. The van der Waals surface area contributed by atoms with Crippen LogP contribution in [0.15, 0.2) is 12.1 Å². The largest absolute Gasteiger partial charge is 0.486 e.